The van der Waals surface area contributed by atoms with Crippen LogP contribution in [0.4, 0.5) is 0 Å². The molecule has 110 valence electrons. The highest BCUT2D eigenvalue weighted by Gasteiger charge is 2.17. The molecule has 0 bridgehead atoms. The van der Waals surface area contributed by atoms with Gasteiger partial charge in [0.2, 0.25) is 0 Å². The van der Waals surface area contributed by atoms with Crippen molar-refractivity contribution in [1.82, 2.24) is 0 Å². The Bertz CT molecular complexity index is 566. The van der Waals surface area contributed by atoms with Crippen molar-refractivity contribution >= 4 is 5.97 Å². The third kappa shape index (κ3) is 4.61. The Balaban J connectivity index is 1.88. The van der Waals surface area contributed by atoms with Crippen LogP contribution in [0.1, 0.15) is 11.1 Å². The van der Waals surface area contributed by atoms with Crippen LogP contribution in [0.5, 0.6) is 5.75 Å². The summed E-state index contributed by atoms with van der Waals surface area (Å²) < 4.78 is 10.4. The molecule has 0 spiro atoms. The second kappa shape index (κ2) is 7.45. The third-order valence-electron chi connectivity index (χ3n) is 3.19. The molecule has 0 saturated carbocycles. The Morgan fingerprint density at radius 1 is 1.05 bits per heavy atom. The van der Waals surface area contributed by atoms with Gasteiger partial charge in [0.1, 0.15) is 12.4 Å². The third-order valence-corrected chi connectivity index (χ3v) is 3.19. The zero-order chi connectivity index (χ0) is 15.1. The van der Waals surface area contributed by atoms with Gasteiger partial charge in [-0.2, -0.15) is 0 Å². The average molecular weight is 286 g/mol. The summed E-state index contributed by atoms with van der Waals surface area (Å²) in [5, 5.41) is 0. The number of carbonyl (C=O) groups excluding carboxylic acids is 1. The summed E-state index contributed by atoms with van der Waals surface area (Å²) in [5.74, 6) is 0.515. The van der Waals surface area contributed by atoms with Crippen LogP contribution in [0.15, 0.2) is 54.6 Å². The number of hydrogen-bond donors (Lipinski definition) is 1. The molecule has 21 heavy (non-hydrogen) atoms. The van der Waals surface area contributed by atoms with E-state index in [4.69, 9.17) is 4.74 Å². The Kier molecular flexibility index (Phi) is 5.35. The molecule has 2 aromatic rings. The maximum absolute atomic E-state index is 11.3. The molecular weight excluding hydrogens is 266 g/mol. The Hall–Kier alpha value is -2.33. The molecule has 0 aliphatic heterocycles. The second-order valence-corrected chi connectivity index (χ2v) is 4.84. The van der Waals surface area contributed by atoms with Gasteiger partial charge >= 0.3 is 5.97 Å². The molecular formula is C17H20NO3+. The normalized spacial score (nSPS) is 11.7. The van der Waals surface area contributed by atoms with E-state index < -0.39 is 0 Å². The number of quaternary nitrogens is 1. The van der Waals surface area contributed by atoms with E-state index in [9.17, 15) is 4.79 Å². The number of hydrogen-bond acceptors (Lipinski definition) is 3. The number of ether oxygens (including phenoxy) is 2. The van der Waals surface area contributed by atoms with Gasteiger partial charge in [-0.25, -0.2) is 4.79 Å². The Morgan fingerprint density at radius 2 is 1.71 bits per heavy atom. The minimum Gasteiger partial charge on any atom is -0.489 e. The quantitative estimate of drug-likeness (QED) is 0.820. The fraction of sp³-hybridized carbons (Fsp3) is 0.235. The van der Waals surface area contributed by atoms with Crippen molar-refractivity contribution < 1.29 is 20.0 Å². The summed E-state index contributed by atoms with van der Waals surface area (Å²) in [6, 6.07) is 17.3. The number of carbonyl (C=O) groups is 1. The summed E-state index contributed by atoms with van der Waals surface area (Å²) >= 11 is 0. The van der Waals surface area contributed by atoms with E-state index in [0.717, 1.165) is 16.9 Å². The molecule has 0 saturated heterocycles. The van der Waals surface area contributed by atoms with Crippen LogP contribution in [0.2, 0.25) is 0 Å². The van der Waals surface area contributed by atoms with Crippen LogP contribution in [0.3, 0.4) is 0 Å². The highest BCUT2D eigenvalue weighted by molar-refractivity contribution is 5.74. The van der Waals surface area contributed by atoms with Crippen molar-refractivity contribution in [1.29, 1.82) is 0 Å². The van der Waals surface area contributed by atoms with Gasteiger partial charge in [-0.15, -0.1) is 0 Å². The first-order chi connectivity index (χ1) is 10.2. The molecule has 4 nitrogen and oxygen atoms in total. The molecule has 0 aliphatic carbocycles. The fourth-order valence-electron chi connectivity index (χ4n) is 2.00. The minimum absolute atomic E-state index is 0.292. The van der Waals surface area contributed by atoms with E-state index in [1.165, 1.54) is 7.11 Å². The molecule has 0 unspecified atom stereocenters. The summed E-state index contributed by atoms with van der Waals surface area (Å²) in [6.07, 6.45) is 0.561. The lowest BCUT2D eigenvalue weighted by molar-refractivity contribution is -0.407. The first-order valence-electron chi connectivity index (χ1n) is 6.85. The predicted molar refractivity (Wildman–Crippen MR) is 79.6 cm³/mol. The van der Waals surface area contributed by atoms with Gasteiger partial charge in [0.05, 0.1) is 7.11 Å². The minimum atomic E-state index is -0.383. The van der Waals surface area contributed by atoms with Crippen molar-refractivity contribution in [2.24, 2.45) is 0 Å². The molecule has 0 heterocycles. The maximum atomic E-state index is 11.3. The van der Waals surface area contributed by atoms with Crippen molar-refractivity contribution in [3.05, 3.63) is 65.7 Å². The van der Waals surface area contributed by atoms with E-state index >= 15 is 0 Å². The maximum Gasteiger partial charge on any atom is 0.364 e. The average Bonchev–Trinajstić information content (AvgIpc) is 2.54. The van der Waals surface area contributed by atoms with Crippen LogP contribution in [-0.4, -0.2) is 19.1 Å². The van der Waals surface area contributed by atoms with E-state index in [2.05, 4.69) is 10.5 Å². The molecule has 4 heteroatoms. The lowest BCUT2D eigenvalue weighted by Crippen LogP contribution is -2.66. The summed E-state index contributed by atoms with van der Waals surface area (Å²) in [4.78, 5) is 11.3. The fourth-order valence-corrected chi connectivity index (χ4v) is 2.00. The Labute approximate surface area is 124 Å². The molecule has 2 rings (SSSR count). The standard InChI is InChI=1S/C17H19NO3/c1-20-17(19)16(18)11-13-7-9-15(10-8-13)21-12-14-5-3-2-4-6-14/h2-10,16H,11-12,18H2,1H3/p+1/t16-/m0/s1. The lowest BCUT2D eigenvalue weighted by atomic mass is 10.1. The van der Waals surface area contributed by atoms with E-state index in [-0.39, 0.29) is 12.0 Å². The van der Waals surface area contributed by atoms with Crippen LogP contribution in [0.25, 0.3) is 0 Å². The summed E-state index contributed by atoms with van der Waals surface area (Å²) in [5.41, 5.74) is 5.96. The van der Waals surface area contributed by atoms with Gasteiger partial charge in [0.15, 0.2) is 6.04 Å². The van der Waals surface area contributed by atoms with E-state index in [1.807, 2.05) is 54.6 Å². The summed E-state index contributed by atoms with van der Waals surface area (Å²) in [6.45, 7) is 0.542. The van der Waals surface area contributed by atoms with Crippen molar-refractivity contribution in [2.75, 3.05) is 7.11 Å². The van der Waals surface area contributed by atoms with Gasteiger partial charge in [-0.1, -0.05) is 42.5 Å². The van der Waals surface area contributed by atoms with Crippen LogP contribution in [0, 0.1) is 0 Å². The molecule has 0 aromatic heterocycles. The first-order valence-corrected chi connectivity index (χ1v) is 6.85. The van der Waals surface area contributed by atoms with Crippen molar-refractivity contribution in [2.45, 2.75) is 19.1 Å². The van der Waals surface area contributed by atoms with Crippen LogP contribution < -0.4 is 10.5 Å². The molecule has 0 amide bonds. The highest BCUT2D eigenvalue weighted by Crippen LogP contribution is 2.15. The topological polar surface area (TPSA) is 63.2 Å². The smallest absolute Gasteiger partial charge is 0.364 e. The first kappa shape index (κ1) is 15.1. The Morgan fingerprint density at radius 3 is 2.33 bits per heavy atom. The van der Waals surface area contributed by atoms with Crippen LogP contribution in [-0.2, 0) is 22.6 Å². The molecule has 2 aromatic carbocycles. The van der Waals surface area contributed by atoms with Crippen molar-refractivity contribution in [3.8, 4) is 5.75 Å². The SMILES string of the molecule is COC(=O)[C@@H]([NH3+])Cc1ccc(OCc2ccccc2)cc1. The van der Waals surface area contributed by atoms with Gasteiger partial charge in [-0.3, -0.25) is 0 Å². The predicted octanol–water partition coefficient (Wildman–Crippen LogP) is 1.59. The lowest BCUT2D eigenvalue weighted by Gasteiger charge is -2.09. The number of benzene rings is 2. The van der Waals surface area contributed by atoms with Gasteiger partial charge in [0, 0.05) is 6.42 Å². The number of methoxy groups -OCH3 is 1. The van der Waals surface area contributed by atoms with Gasteiger partial charge in [0.25, 0.3) is 0 Å². The molecule has 0 fully saturated rings. The molecule has 3 N–H and O–H groups in total. The molecule has 0 radical (unpaired) electrons. The van der Waals surface area contributed by atoms with Crippen LogP contribution >= 0.6 is 0 Å². The van der Waals surface area contributed by atoms with Gasteiger partial charge < -0.3 is 15.2 Å². The largest absolute Gasteiger partial charge is 0.489 e. The zero-order valence-electron chi connectivity index (χ0n) is 12.1. The van der Waals surface area contributed by atoms with Gasteiger partial charge in [-0.05, 0) is 23.3 Å². The monoisotopic (exact) mass is 286 g/mol. The number of esters is 1. The van der Waals surface area contributed by atoms with E-state index in [0.29, 0.717) is 13.0 Å². The summed E-state index contributed by atoms with van der Waals surface area (Å²) in [7, 11) is 1.38. The second-order valence-electron chi connectivity index (χ2n) is 4.84. The molecule has 1 atom stereocenters. The molecule has 0 aliphatic rings. The zero-order valence-corrected chi connectivity index (χ0v) is 12.1. The van der Waals surface area contributed by atoms with E-state index in [1.54, 1.807) is 0 Å². The number of rotatable bonds is 6. The highest BCUT2D eigenvalue weighted by atomic mass is 16.5. The van der Waals surface area contributed by atoms with Crippen molar-refractivity contribution in [3.63, 3.8) is 0 Å².